The van der Waals surface area contributed by atoms with Crippen molar-refractivity contribution in [2.45, 2.75) is 50.0 Å². The molecule has 0 aliphatic carbocycles. The summed E-state index contributed by atoms with van der Waals surface area (Å²) in [5.41, 5.74) is 1.51. The largest absolute Gasteiger partial charge is 0.492 e. The maximum Gasteiger partial charge on any atom is 0.243 e. The van der Waals surface area contributed by atoms with Crippen molar-refractivity contribution in [2.75, 3.05) is 38.1 Å². The van der Waals surface area contributed by atoms with Crippen LogP contribution >= 0.6 is 0 Å². The number of hydrogen-bond acceptors (Lipinski definition) is 5. The molecule has 2 saturated heterocycles. The second-order valence-electron chi connectivity index (χ2n) is 8.36. The Balaban J connectivity index is 1.51. The van der Waals surface area contributed by atoms with Gasteiger partial charge in [0.2, 0.25) is 15.9 Å². The highest BCUT2D eigenvalue weighted by Crippen LogP contribution is 2.32. The number of benzene rings is 1. The first-order valence-electron chi connectivity index (χ1n) is 11.4. The Kier molecular flexibility index (Phi) is 7.17. The van der Waals surface area contributed by atoms with Gasteiger partial charge in [0.05, 0.1) is 29.8 Å². The molecule has 174 valence electrons. The summed E-state index contributed by atoms with van der Waals surface area (Å²) >= 11 is 0. The number of hydrogen-bond donors (Lipinski definition) is 2. The van der Waals surface area contributed by atoms with Crippen molar-refractivity contribution < 1.29 is 17.9 Å². The lowest BCUT2D eigenvalue weighted by Gasteiger charge is -2.26. The smallest absolute Gasteiger partial charge is 0.243 e. The standard InChI is InChI=1S/C23H32N4O4S/c1-2-31-22-11-10-18(32(29,30)27-14-4-3-5-15-27)16-20(22)25-23(28)17-26-13-7-9-21(26)19-8-6-12-24-19/h6,8,10-12,16,21,24H,2-5,7,9,13-15,17H2,1H3,(H,25,28). The fourth-order valence-corrected chi connectivity index (χ4v) is 6.14. The van der Waals surface area contributed by atoms with Gasteiger partial charge < -0.3 is 15.0 Å². The lowest BCUT2D eigenvalue weighted by Crippen LogP contribution is -2.35. The molecule has 8 nitrogen and oxygen atoms in total. The molecule has 32 heavy (non-hydrogen) atoms. The molecule has 1 aromatic heterocycles. The van der Waals surface area contributed by atoms with E-state index in [1.807, 2.05) is 25.3 Å². The summed E-state index contributed by atoms with van der Waals surface area (Å²) in [5, 5.41) is 2.90. The Labute approximate surface area is 190 Å². The summed E-state index contributed by atoms with van der Waals surface area (Å²) in [6.45, 7) is 4.42. The topological polar surface area (TPSA) is 94.7 Å². The van der Waals surface area contributed by atoms with Gasteiger partial charge in [-0.1, -0.05) is 6.42 Å². The van der Waals surface area contributed by atoms with Crippen LogP contribution in [0.15, 0.2) is 41.4 Å². The lowest BCUT2D eigenvalue weighted by molar-refractivity contribution is -0.117. The van der Waals surface area contributed by atoms with Gasteiger partial charge in [0.1, 0.15) is 5.75 Å². The number of rotatable bonds is 8. The van der Waals surface area contributed by atoms with Gasteiger partial charge in [-0.05, 0) is 69.5 Å². The number of sulfonamides is 1. The molecule has 2 aliphatic rings. The number of piperidine rings is 1. The van der Waals surface area contributed by atoms with E-state index in [0.29, 0.717) is 31.1 Å². The molecule has 1 unspecified atom stereocenters. The van der Waals surface area contributed by atoms with Crippen molar-refractivity contribution in [3.05, 3.63) is 42.2 Å². The number of amides is 1. The van der Waals surface area contributed by atoms with Crippen molar-refractivity contribution >= 4 is 21.6 Å². The minimum absolute atomic E-state index is 0.183. The Morgan fingerprint density at radius 1 is 1.16 bits per heavy atom. The van der Waals surface area contributed by atoms with Crippen LogP contribution in [0.1, 0.15) is 50.8 Å². The second kappa shape index (κ2) is 10.1. The maximum absolute atomic E-state index is 13.1. The Hall–Kier alpha value is -2.36. The number of anilines is 1. The molecular weight excluding hydrogens is 428 g/mol. The van der Waals surface area contributed by atoms with Gasteiger partial charge in [-0.15, -0.1) is 0 Å². The van der Waals surface area contributed by atoms with Gasteiger partial charge in [-0.2, -0.15) is 4.31 Å². The summed E-state index contributed by atoms with van der Waals surface area (Å²) in [6, 6.07) is 8.92. The van der Waals surface area contributed by atoms with Gasteiger partial charge in [0, 0.05) is 25.0 Å². The first-order valence-corrected chi connectivity index (χ1v) is 12.9. The van der Waals surface area contributed by atoms with Crippen molar-refractivity contribution in [3.63, 3.8) is 0 Å². The molecule has 2 aliphatic heterocycles. The molecule has 0 spiro atoms. The highest BCUT2D eigenvalue weighted by atomic mass is 32.2. The molecule has 3 heterocycles. The van der Waals surface area contributed by atoms with Gasteiger partial charge in [-0.3, -0.25) is 9.69 Å². The number of nitrogens with one attached hydrogen (secondary N) is 2. The summed E-state index contributed by atoms with van der Waals surface area (Å²) in [7, 11) is -3.60. The van der Waals surface area contributed by atoms with E-state index in [4.69, 9.17) is 4.74 Å². The molecule has 0 saturated carbocycles. The highest BCUT2D eigenvalue weighted by molar-refractivity contribution is 7.89. The van der Waals surface area contributed by atoms with E-state index in [0.717, 1.165) is 44.3 Å². The van der Waals surface area contributed by atoms with Crippen molar-refractivity contribution in [1.29, 1.82) is 0 Å². The minimum atomic E-state index is -3.60. The fraction of sp³-hybridized carbons (Fsp3) is 0.522. The molecule has 1 amide bonds. The van der Waals surface area contributed by atoms with Crippen molar-refractivity contribution in [2.24, 2.45) is 0 Å². The second-order valence-corrected chi connectivity index (χ2v) is 10.3. The van der Waals surface area contributed by atoms with E-state index < -0.39 is 10.0 Å². The monoisotopic (exact) mass is 460 g/mol. The molecule has 0 bridgehead atoms. The third-order valence-corrected chi connectivity index (χ3v) is 8.06. The average Bonchev–Trinajstić information content (AvgIpc) is 3.47. The zero-order valence-corrected chi connectivity index (χ0v) is 19.4. The molecule has 4 rings (SSSR count). The van der Waals surface area contributed by atoms with Crippen LogP contribution in [-0.2, 0) is 14.8 Å². The third kappa shape index (κ3) is 5.00. The molecular formula is C23H32N4O4S. The summed E-state index contributed by atoms with van der Waals surface area (Å²) in [5.74, 6) is 0.290. The molecule has 2 aromatic rings. The molecule has 9 heteroatoms. The summed E-state index contributed by atoms with van der Waals surface area (Å²) in [4.78, 5) is 18.5. The predicted molar refractivity (Wildman–Crippen MR) is 123 cm³/mol. The van der Waals surface area contributed by atoms with Crippen LogP contribution in [0.25, 0.3) is 0 Å². The van der Waals surface area contributed by atoms with E-state index in [9.17, 15) is 13.2 Å². The number of carbonyl (C=O) groups is 1. The number of likely N-dealkylation sites (tertiary alicyclic amines) is 1. The van der Waals surface area contributed by atoms with Crippen LogP contribution in [-0.4, -0.2) is 61.3 Å². The molecule has 2 fully saturated rings. The van der Waals surface area contributed by atoms with Crippen LogP contribution in [0.4, 0.5) is 5.69 Å². The average molecular weight is 461 g/mol. The first-order chi connectivity index (χ1) is 15.5. The SMILES string of the molecule is CCOc1ccc(S(=O)(=O)N2CCCCC2)cc1NC(=O)CN1CCCC1c1ccc[nH]1. The third-order valence-electron chi connectivity index (χ3n) is 6.17. The summed E-state index contributed by atoms with van der Waals surface area (Å²) in [6.07, 6.45) is 6.73. The number of H-pyrrole nitrogens is 1. The van der Waals surface area contributed by atoms with Gasteiger partial charge in [-0.25, -0.2) is 8.42 Å². The van der Waals surface area contributed by atoms with Crippen LogP contribution in [0.3, 0.4) is 0 Å². The van der Waals surface area contributed by atoms with Gasteiger partial charge in [0.15, 0.2) is 0 Å². The predicted octanol–water partition coefficient (Wildman–Crippen LogP) is 3.36. The van der Waals surface area contributed by atoms with Gasteiger partial charge >= 0.3 is 0 Å². The molecule has 1 atom stereocenters. The quantitative estimate of drug-likeness (QED) is 0.630. The fourth-order valence-electron chi connectivity index (χ4n) is 4.60. The molecule has 0 radical (unpaired) electrons. The highest BCUT2D eigenvalue weighted by Gasteiger charge is 2.29. The van der Waals surface area contributed by atoms with E-state index >= 15 is 0 Å². The van der Waals surface area contributed by atoms with Crippen molar-refractivity contribution in [1.82, 2.24) is 14.2 Å². The number of aromatic amines is 1. The van der Waals surface area contributed by atoms with E-state index in [2.05, 4.69) is 15.2 Å². The Morgan fingerprint density at radius 2 is 1.97 bits per heavy atom. The number of nitrogens with zero attached hydrogens (tertiary/aromatic N) is 2. The normalized spacial score (nSPS) is 20.3. The van der Waals surface area contributed by atoms with E-state index in [1.165, 1.54) is 10.4 Å². The lowest BCUT2D eigenvalue weighted by atomic mass is 10.1. The molecule has 1 aromatic carbocycles. The maximum atomic E-state index is 13.1. The van der Waals surface area contributed by atoms with Crippen LogP contribution in [0, 0.1) is 0 Å². The van der Waals surface area contributed by atoms with E-state index in [-0.39, 0.29) is 23.4 Å². The van der Waals surface area contributed by atoms with E-state index in [1.54, 1.807) is 12.1 Å². The van der Waals surface area contributed by atoms with Crippen LogP contribution in [0.5, 0.6) is 5.75 Å². The number of aromatic nitrogens is 1. The minimum Gasteiger partial charge on any atom is -0.492 e. The molecule has 2 N–H and O–H groups in total. The Morgan fingerprint density at radius 3 is 2.69 bits per heavy atom. The summed E-state index contributed by atoms with van der Waals surface area (Å²) < 4.78 is 33.4. The zero-order valence-electron chi connectivity index (χ0n) is 18.5. The van der Waals surface area contributed by atoms with Crippen LogP contribution in [0.2, 0.25) is 0 Å². The van der Waals surface area contributed by atoms with Gasteiger partial charge in [0.25, 0.3) is 0 Å². The zero-order chi connectivity index (χ0) is 22.6. The van der Waals surface area contributed by atoms with Crippen molar-refractivity contribution in [3.8, 4) is 5.75 Å². The van der Waals surface area contributed by atoms with Crippen LogP contribution < -0.4 is 10.1 Å². The number of ether oxygens (including phenoxy) is 1. The first kappa shape index (κ1) is 22.8. The Bertz CT molecular complexity index is 1020. The number of carbonyl (C=O) groups excluding carboxylic acids is 1.